The molecule has 1 aliphatic heterocycles. The lowest BCUT2D eigenvalue weighted by Gasteiger charge is -2.32. The van der Waals surface area contributed by atoms with Crippen LogP contribution in [0.4, 0.5) is 0 Å². The highest BCUT2D eigenvalue weighted by Gasteiger charge is 2.27. The van der Waals surface area contributed by atoms with E-state index < -0.39 is 11.2 Å². The molecule has 0 bridgehead atoms. The van der Waals surface area contributed by atoms with Gasteiger partial charge in [0.15, 0.2) is 0 Å². The van der Waals surface area contributed by atoms with Crippen LogP contribution in [-0.4, -0.2) is 38.8 Å². The Morgan fingerprint density at radius 1 is 1.29 bits per heavy atom. The number of thiazole rings is 1. The molecule has 1 aromatic carbocycles. The van der Waals surface area contributed by atoms with Crippen LogP contribution in [-0.2, 0) is 11.2 Å². The average Bonchev–Trinajstić information content (AvgIpc) is 3.11. The fraction of sp³-hybridized carbons (Fsp3) is 0.400. The molecule has 0 saturated carbocycles. The third-order valence-corrected chi connectivity index (χ3v) is 6.48. The molecule has 1 unspecified atom stereocenters. The van der Waals surface area contributed by atoms with Crippen molar-refractivity contribution in [2.45, 2.75) is 38.5 Å². The van der Waals surface area contributed by atoms with Crippen molar-refractivity contribution >= 4 is 27.5 Å². The smallest absolute Gasteiger partial charge is 0.325 e. The Kier molecular flexibility index (Phi) is 5.13. The lowest BCUT2D eigenvalue weighted by Crippen LogP contribution is -2.39. The summed E-state index contributed by atoms with van der Waals surface area (Å²) in [7, 11) is 0. The summed E-state index contributed by atoms with van der Waals surface area (Å²) in [6, 6.07) is 8.10. The summed E-state index contributed by atoms with van der Waals surface area (Å²) in [6.45, 7) is 3.08. The Morgan fingerprint density at radius 2 is 2.11 bits per heavy atom. The van der Waals surface area contributed by atoms with E-state index in [9.17, 15) is 14.4 Å². The summed E-state index contributed by atoms with van der Waals surface area (Å²) in [6.07, 6.45) is 2.55. The van der Waals surface area contributed by atoms with Gasteiger partial charge in [-0.15, -0.1) is 11.3 Å². The number of carbonyl (C=O) groups is 1. The number of benzene rings is 1. The summed E-state index contributed by atoms with van der Waals surface area (Å²) in [5.41, 5.74) is 1.06. The van der Waals surface area contributed by atoms with Crippen LogP contribution in [0.15, 0.2) is 33.9 Å². The fourth-order valence-corrected chi connectivity index (χ4v) is 4.88. The number of hydrogen-bond acceptors (Lipinski definition) is 5. The molecule has 1 amide bonds. The predicted octanol–water partition coefficient (Wildman–Crippen LogP) is 2.32. The minimum absolute atomic E-state index is 0.0378. The molecule has 4 rings (SSSR count). The normalized spacial score (nSPS) is 17.2. The summed E-state index contributed by atoms with van der Waals surface area (Å²) < 4.78 is 1.17. The molecule has 0 spiro atoms. The first kappa shape index (κ1) is 18.6. The Balaban J connectivity index is 1.43. The van der Waals surface area contributed by atoms with E-state index in [1.54, 1.807) is 18.3 Å². The molecule has 3 aromatic rings. The van der Waals surface area contributed by atoms with Gasteiger partial charge in [-0.1, -0.05) is 12.1 Å². The molecule has 0 aliphatic carbocycles. The Morgan fingerprint density at radius 3 is 2.89 bits per heavy atom. The first-order chi connectivity index (χ1) is 13.5. The molecule has 146 valence electrons. The number of nitrogens with zero attached hydrogens (tertiary/aromatic N) is 2. The van der Waals surface area contributed by atoms with Gasteiger partial charge in [0, 0.05) is 36.7 Å². The fourth-order valence-electron chi connectivity index (χ4n) is 3.79. The number of amides is 1. The topological polar surface area (TPSA) is 98.9 Å². The number of rotatable bonds is 4. The molecule has 28 heavy (non-hydrogen) atoms. The molecule has 8 heteroatoms. The van der Waals surface area contributed by atoms with Crippen molar-refractivity contribution < 1.29 is 4.79 Å². The van der Waals surface area contributed by atoms with Crippen molar-refractivity contribution in [3.05, 3.63) is 61.4 Å². The van der Waals surface area contributed by atoms with Crippen molar-refractivity contribution in [1.82, 2.24) is 19.9 Å². The maximum atomic E-state index is 12.7. The zero-order chi connectivity index (χ0) is 19.7. The van der Waals surface area contributed by atoms with Crippen LogP contribution in [0.5, 0.6) is 0 Å². The highest BCUT2D eigenvalue weighted by atomic mass is 32.1. The Bertz CT molecular complexity index is 1100. The van der Waals surface area contributed by atoms with Gasteiger partial charge in [-0.05, 0) is 38.3 Å². The van der Waals surface area contributed by atoms with E-state index in [0.29, 0.717) is 24.2 Å². The summed E-state index contributed by atoms with van der Waals surface area (Å²) in [4.78, 5) is 47.4. The largest absolute Gasteiger partial charge is 0.342 e. The van der Waals surface area contributed by atoms with Gasteiger partial charge in [0.1, 0.15) is 0 Å². The third kappa shape index (κ3) is 3.77. The van der Waals surface area contributed by atoms with Crippen LogP contribution < -0.4 is 11.2 Å². The number of carbonyl (C=O) groups excluding carboxylic acids is 1. The lowest BCUT2D eigenvalue weighted by molar-refractivity contribution is -0.132. The average molecular weight is 398 g/mol. The molecular weight excluding hydrogens is 376 g/mol. The molecule has 1 fully saturated rings. The quantitative estimate of drug-likeness (QED) is 0.704. The van der Waals surface area contributed by atoms with Crippen molar-refractivity contribution in [1.29, 1.82) is 0 Å². The standard InChI is InChI=1S/C20H22N4O3S/c1-12-14(18(26)23-20(27)21-12)8-9-17(25)24-10-4-5-13(11-24)19-22-15-6-2-3-7-16(15)28-19/h2-3,6-7,13H,4-5,8-11H2,1H3,(H2,21,23,26,27). The van der Waals surface area contributed by atoms with E-state index in [4.69, 9.17) is 4.98 Å². The second-order valence-electron chi connectivity index (χ2n) is 7.21. The van der Waals surface area contributed by atoms with Crippen molar-refractivity contribution in [2.75, 3.05) is 13.1 Å². The maximum Gasteiger partial charge on any atom is 0.325 e. The zero-order valence-electron chi connectivity index (χ0n) is 15.7. The third-order valence-electron chi connectivity index (χ3n) is 5.28. The molecular formula is C20H22N4O3S. The number of H-pyrrole nitrogens is 2. The maximum absolute atomic E-state index is 12.7. The summed E-state index contributed by atoms with van der Waals surface area (Å²) in [5.74, 6) is 0.295. The second-order valence-corrected chi connectivity index (χ2v) is 8.27. The van der Waals surface area contributed by atoms with Crippen LogP contribution in [0.25, 0.3) is 10.2 Å². The van der Waals surface area contributed by atoms with Crippen LogP contribution in [0, 0.1) is 6.92 Å². The minimum Gasteiger partial charge on any atom is -0.342 e. The van der Waals surface area contributed by atoms with Crippen LogP contribution in [0.3, 0.4) is 0 Å². The minimum atomic E-state index is -0.521. The molecule has 3 heterocycles. The molecule has 1 aliphatic rings. The number of aromatic amines is 2. The lowest BCUT2D eigenvalue weighted by atomic mass is 9.98. The van der Waals surface area contributed by atoms with Gasteiger partial charge >= 0.3 is 5.69 Å². The number of fused-ring (bicyclic) bond motifs is 1. The van der Waals surface area contributed by atoms with Gasteiger partial charge in [-0.3, -0.25) is 14.6 Å². The monoisotopic (exact) mass is 398 g/mol. The van der Waals surface area contributed by atoms with E-state index in [2.05, 4.69) is 16.0 Å². The number of likely N-dealkylation sites (tertiary alicyclic amines) is 1. The van der Waals surface area contributed by atoms with Crippen molar-refractivity contribution in [3.63, 3.8) is 0 Å². The van der Waals surface area contributed by atoms with E-state index in [-0.39, 0.29) is 18.2 Å². The van der Waals surface area contributed by atoms with Crippen molar-refractivity contribution in [2.24, 2.45) is 0 Å². The number of aryl methyl sites for hydroxylation is 1. The number of piperidine rings is 1. The SMILES string of the molecule is Cc1[nH]c(=O)[nH]c(=O)c1CCC(=O)N1CCCC(c2nc3ccccc3s2)C1. The molecule has 2 aromatic heterocycles. The highest BCUT2D eigenvalue weighted by molar-refractivity contribution is 7.18. The van der Waals surface area contributed by atoms with Gasteiger partial charge in [0.25, 0.3) is 5.56 Å². The molecule has 7 nitrogen and oxygen atoms in total. The van der Waals surface area contributed by atoms with Crippen LogP contribution in [0.2, 0.25) is 0 Å². The number of aromatic nitrogens is 3. The second kappa shape index (κ2) is 7.71. The molecule has 1 atom stereocenters. The highest BCUT2D eigenvalue weighted by Crippen LogP contribution is 2.33. The van der Waals surface area contributed by atoms with E-state index in [0.717, 1.165) is 29.9 Å². The Labute approximate surface area is 165 Å². The van der Waals surface area contributed by atoms with Crippen molar-refractivity contribution in [3.8, 4) is 0 Å². The predicted molar refractivity (Wildman–Crippen MR) is 109 cm³/mol. The summed E-state index contributed by atoms with van der Waals surface area (Å²) >= 11 is 1.70. The van der Waals surface area contributed by atoms with Gasteiger partial charge in [-0.25, -0.2) is 9.78 Å². The van der Waals surface area contributed by atoms with Crippen LogP contribution >= 0.6 is 11.3 Å². The van der Waals surface area contributed by atoms with E-state index in [1.807, 2.05) is 23.1 Å². The number of para-hydroxylation sites is 1. The van der Waals surface area contributed by atoms with Gasteiger partial charge in [0.05, 0.1) is 15.2 Å². The molecule has 1 saturated heterocycles. The Hall–Kier alpha value is -2.74. The molecule has 2 N–H and O–H groups in total. The first-order valence-electron chi connectivity index (χ1n) is 9.46. The van der Waals surface area contributed by atoms with E-state index >= 15 is 0 Å². The van der Waals surface area contributed by atoms with Gasteiger partial charge in [0.2, 0.25) is 5.91 Å². The molecule has 0 radical (unpaired) electrons. The number of nitrogens with one attached hydrogen (secondary N) is 2. The summed E-state index contributed by atoms with van der Waals surface area (Å²) in [5, 5.41) is 1.09. The van der Waals surface area contributed by atoms with Crippen LogP contribution in [0.1, 0.15) is 41.4 Å². The first-order valence-corrected chi connectivity index (χ1v) is 10.3. The van der Waals surface area contributed by atoms with Gasteiger partial charge in [-0.2, -0.15) is 0 Å². The number of hydrogen-bond donors (Lipinski definition) is 2. The van der Waals surface area contributed by atoms with Gasteiger partial charge < -0.3 is 9.88 Å². The van der Waals surface area contributed by atoms with E-state index in [1.165, 1.54) is 4.70 Å². The zero-order valence-corrected chi connectivity index (χ0v) is 16.5.